The minimum Gasteiger partial charge on any atom is -0.464 e. The van der Waals surface area contributed by atoms with Gasteiger partial charge in [-0.15, -0.1) is 0 Å². The van der Waals surface area contributed by atoms with Crippen LogP contribution in [0.3, 0.4) is 0 Å². The van der Waals surface area contributed by atoms with Crippen molar-refractivity contribution < 1.29 is 14.3 Å². The highest BCUT2D eigenvalue weighted by Gasteiger charge is 2.45. The number of para-hydroxylation sites is 1. The number of benzene rings is 1. The third kappa shape index (κ3) is 2.41. The van der Waals surface area contributed by atoms with Crippen LogP contribution in [0.2, 0.25) is 0 Å². The molecule has 0 aliphatic carbocycles. The Balaban J connectivity index is 1.59. The summed E-state index contributed by atoms with van der Waals surface area (Å²) in [7, 11) is 0. The van der Waals surface area contributed by atoms with Gasteiger partial charge in [0, 0.05) is 17.6 Å². The van der Waals surface area contributed by atoms with Crippen LogP contribution in [-0.4, -0.2) is 41.7 Å². The maximum atomic E-state index is 11.8. The molecule has 1 saturated heterocycles. The molecule has 3 unspecified atom stereocenters. The van der Waals surface area contributed by atoms with Crippen molar-refractivity contribution in [2.24, 2.45) is 5.92 Å². The van der Waals surface area contributed by atoms with E-state index in [9.17, 15) is 4.79 Å². The Bertz CT molecular complexity index is 843. The second kappa shape index (κ2) is 6.39. The Morgan fingerprint density at radius 1 is 1.27 bits per heavy atom. The van der Waals surface area contributed by atoms with Gasteiger partial charge in [0.05, 0.1) is 18.2 Å². The first-order valence-electron chi connectivity index (χ1n) is 9.91. The van der Waals surface area contributed by atoms with Gasteiger partial charge in [-0.2, -0.15) is 0 Å². The molecular formula is C21H26N2O3. The summed E-state index contributed by atoms with van der Waals surface area (Å²) in [5, 5.41) is 1.36. The lowest BCUT2D eigenvalue weighted by Crippen LogP contribution is -2.47. The summed E-state index contributed by atoms with van der Waals surface area (Å²) in [5.41, 5.74) is 4.19. The number of aromatic nitrogens is 1. The van der Waals surface area contributed by atoms with Crippen LogP contribution < -0.4 is 0 Å². The van der Waals surface area contributed by atoms with Crippen LogP contribution in [0, 0.1) is 5.92 Å². The molecule has 2 aromatic rings. The number of hydrogen-bond donors (Lipinski definition) is 0. The molecule has 5 nitrogen and oxygen atoms in total. The summed E-state index contributed by atoms with van der Waals surface area (Å²) in [6.07, 6.45) is 4.53. The van der Waals surface area contributed by atoms with Gasteiger partial charge in [0.15, 0.2) is 0 Å². The number of esters is 1. The van der Waals surface area contributed by atoms with Gasteiger partial charge < -0.3 is 14.0 Å². The van der Waals surface area contributed by atoms with E-state index in [1.54, 1.807) is 0 Å². The largest absolute Gasteiger partial charge is 0.464 e. The van der Waals surface area contributed by atoms with Crippen molar-refractivity contribution in [3.8, 4) is 0 Å². The van der Waals surface area contributed by atoms with Crippen LogP contribution in [0.5, 0.6) is 0 Å². The lowest BCUT2D eigenvalue weighted by atomic mass is 9.78. The second-order valence-electron chi connectivity index (χ2n) is 7.69. The standard InChI is InChI=1S/C21H26N2O3/c1-2-25-19(24)13-26-18-12-14-6-5-10-22-11-9-16-15-7-3-4-8-17(15)23(18)21(16)20(14)22/h3-4,7-8,14,18,20H,2,5-6,9-13H2,1H3. The summed E-state index contributed by atoms with van der Waals surface area (Å²) in [6, 6.07) is 9.18. The fourth-order valence-electron chi connectivity index (χ4n) is 5.42. The molecule has 0 radical (unpaired) electrons. The van der Waals surface area contributed by atoms with Gasteiger partial charge in [0.25, 0.3) is 0 Å². The Kier molecular flexibility index (Phi) is 4.02. The third-order valence-electron chi connectivity index (χ3n) is 6.34. The smallest absolute Gasteiger partial charge is 0.332 e. The molecule has 0 bridgehead atoms. The number of carbonyl (C=O) groups is 1. The zero-order chi connectivity index (χ0) is 17.7. The predicted molar refractivity (Wildman–Crippen MR) is 98.9 cm³/mol. The molecule has 1 aromatic heterocycles. The molecular weight excluding hydrogens is 328 g/mol. The van der Waals surface area contributed by atoms with Gasteiger partial charge in [-0.3, -0.25) is 4.90 Å². The molecule has 3 atom stereocenters. The highest BCUT2D eigenvalue weighted by molar-refractivity contribution is 5.86. The van der Waals surface area contributed by atoms with Crippen molar-refractivity contribution >= 4 is 16.9 Å². The van der Waals surface area contributed by atoms with E-state index in [0.717, 1.165) is 19.4 Å². The molecule has 0 spiro atoms. The van der Waals surface area contributed by atoms with Crippen molar-refractivity contribution in [1.29, 1.82) is 0 Å². The molecule has 26 heavy (non-hydrogen) atoms. The fraction of sp³-hybridized carbons (Fsp3) is 0.571. The average molecular weight is 354 g/mol. The number of hydrogen-bond acceptors (Lipinski definition) is 4. The number of carbonyl (C=O) groups excluding carboxylic acids is 1. The summed E-state index contributed by atoms with van der Waals surface area (Å²) in [5.74, 6) is 0.344. The number of fused-ring (bicyclic) bond motifs is 3. The van der Waals surface area contributed by atoms with E-state index < -0.39 is 0 Å². The maximum absolute atomic E-state index is 11.8. The summed E-state index contributed by atoms with van der Waals surface area (Å²) < 4.78 is 13.6. The monoisotopic (exact) mass is 354 g/mol. The lowest BCUT2D eigenvalue weighted by Gasteiger charge is -2.49. The van der Waals surface area contributed by atoms with E-state index in [0.29, 0.717) is 18.6 Å². The van der Waals surface area contributed by atoms with Crippen molar-refractivity contribution in [3.63, 3.8) is 0 Å². The van der Waals surface area contributed by atoms with Crippen LogP contribution in [-0.2, 0) is 20.7 Å². The van der Waals surface area contributed by atoms with Gasteiger partial charge in [0.2, 0.25) is 0 Å². The molecule has 3 aliphatic heterocycles. The van der Waals surface area contributed by atoms with E-state index in [-0.39, 0.29) is 18.8 Å². The van der Waals surface area contributed by atoms with Crippen molar-refractivity contribution in [2.75, 3.05) is 26.3 Å². The fourth-order valence-corrected chi connectivity index (χ4v) is 5.42. The van der Waals surface area contributed by atoms with E-state index in [1.165, 1.54) is 41.5 Å². The Morgan fingerprint density at radius 2 is 2.15 bits per heavy atom. The maximum Gasteiger partial charge on any atom is 0.332 e. The average Bonchev–Trinajstić information content (AvgIpc) is 3.01. The van der Waals surface area contributed by atoms with E-state index in [1.807, 2.05) is 6.92 Å². The summed E-state index contributed by atoms with van der Waals surface area (Å²) >= 11 is 0. The van der Waals surface area contributed by atoms with Gasteiger partial charge in [-0.05, 0) is 56.7 Å². The van der Waals surface area contributed by atoms with E-state index in [2.05, 4.69) is 33.7 Å². The van der Waals surface area contributed by atoms with Gasteiger partial charge in [0.1, 0.15) is 12.8 Å². The molecule has 0 saturated carbocycles. The highest BCUT2D eigenvalue weighted by Crippen LogP contribution is 2.51. The van der Waals surface area contributed by atoms with E-state index >= 15 is 0 Å². The van der Waals surface area contributed by atoms with Crippen LogP contribution in [0.15, 0.2) is 24.3 Å². The summed E-state index contributed by atoms with van der Waals surface area (Å²) in [4.78, 5) is 14.5. The minimum atomic E-state index is -0.273. The molecule has 4 heterocycles. The zero-order valence-electron chi connectivity index (χ0n) is 15.3. The first-order valence-corrected chi connectivity index (χ1v) is 9.91. The molecule has 138 valence electrons. The minimum absolute atomic E-state index is 0.0287. The Hall–Kier alpha value is -1.85. The molecule has 3 aliphatic rings. The van der Waals surface area contributed by atoms with Gasteiger partial charge in [-0.25, -0.2) is 4.79 Å². The van der Waals surface area contributed by atoms with Crippen LogP contribution in [0.1, 0.15) is 49.7 Å². The number of nitrogens with zero attached hydrogens (tertiary/aromatic N) is 2. The Labute approximate surface area is 153 Å². The molecule has 5 heteroatoms. The van der Waals surface area contributed by atoms with Gasteiger partial charge >= 0.3 is 5.97 Å². The summed E-state index contributed by atoms with van der Waals surface area (Å²) in [6.45, 7) is 4.62. The number of piperidine rings is 1. The number of rotatable bonds is 4. The van der Waals surface area contributed by atoms with Crippen molar-refractivity contribution in [1.82, 2.24) is 9.47 Å². The van der Waals surface area contributed by atoms with Crippen molar-refractivity contribution in [2.45, 2.75) is 44.9 Å². The molecule has 1 aromatic carbocycles. The normalized spacial score (nSPS) is 27.3. The quantitative estimate of drug-likeness (QED) is 0.789. The van der Waals surface area contributed by atoms with Crippen molar-refractivity contribution in [3.05, 3.63) is 35.5 Å². The van der Waals surface area contributed by atoms with E-state index in [4.69, 9.17) is 9.47 Å². The van der Waals surface area contributed by atoms with Crippen LogP contribution in [0.4, 0.5) is 0 Å². The second-order valence-corrected chi connectivity index (χ2v) is 7.69. The third-order valence-corrected chi connectivity index (χ3v) is 6.34. The molecule has 0 amide bonds. The first kappa shape index (κ1) is 16.3. The lowest BCUT2D eigenvalue weighted by molar-refractivity contribution is -0.155. The highest BCUT2D eigenvalue weighted by atomic mass is 16.6. The molecule has 5 rings (SSSR count). The SMILES string of the molecule is CCOC(=O)COC1CC2CCCN3CCc4c(n1c1ccccc41)C23. The number of ether oxygens (including phenoxy) is 2. The molecule has 1 fully saturated rings. The zero-order valence-corrected chi connectivity index (χ0v) is 15.3. The van der Waals surface area contributed by atoms with Gasteiger partial charge in [-0.1, -0.05) is 18.2 Å². The topological polar surface area (TPSA) is 43.7 Å². The van der Waals surface area contributed by atoms with Crippen LogP contribution in [0.25, 0.3) is 10.9 Å². The van der Waals surface area contributed by atoms with Crippen LogP contribution >= 0.6 is 0 Å². The predicted octanol–water partition coefficient (Wildman–Crippen LogP) is 3.43. The Morgan fingerprint density at radius 3 is 3.04 bits per heavy atom. The molecule has 0 N–H and O–H groups in total. The first-order chi connectivity index (χ1) is 12.8.